The lowest BCUT2D eigenvalue weighted by molar-refractivity contribution is -0.384. The fraction of sp³-hybridized carbons (Fsp3) is 0.500. The first kappa shape index (κ1) is 10.8. The van der Waals surface area contributed by atoms with E-state index in [0.29, 0.717) is 5.82 Å². The van der Waals surface area contributed by atoms with Crippen molar-refractivity contribution in [1.82, 2.24) is 4.98 Å². The van der Waals surface area contributed by atoms with Crippen LogP contribution in [0.1, 0.15) is 12.8 Å². The first-order valence-corrected chi connectivity index (χ1v) is 5.09. The molecule has 16 heavy (non-hydrogen) atoms. The van der Waals surface area contributed by atoms with Crippen LogP contribution in [0, 0.1) is 10.1 Å². The lowest BCUT2D eigenvalue weighted by Crippen LogP contribution is -2.40. The lowest BCUT2D eigenvalue weighted by Gasteiger charge is -2.34. The van der Waals surface area contributed by atoms with Gasteiger partial charge in [0, 0.05) is 25.4 Å². The minimum absolute atomic E-state index is 0.0170. The van der Waals surface area contributed by atoms with Crippen molar-refractivity contribution in [3.8, 4) is 0 Å². The van der Waals surface area contributed by atoms with Crippen LogP contribution in [0.25, 0.3) is 0 Å². The van der Waals surface area contributed by atoms with Crippen molar-refractivity contribution in [1.29, 1.82) is 0 Å². The number of ether oxygens (including phenoxy) is 1. The Morgan fingerprint density at radius 2 is 2.38 bits per heavy atom. The second kappa shape index (κ2) is 4.44. The van der Waals surface area contributed by atoms with Crippen LogP contribution in [0.2, 0.25) is 0 Å². The van der Waals surface area contributed by atoms with Gasteiger partial charge in [-0.15, -0.1) is 0 Å². The molecule has 0 bridgehead atoms. The molecule has 1 saturated carbocycles. The summed E-state index contributed by atoms with van der Waals surface area (Å²) in [7, 11) is 1.67. The van der Waals surface area contributed by atoms with Gasteiger partial charge in [-0.2, -0.15) is 0 Å². The van der Waals surface area contributed by atoms with E-state index >= 15 is 0 Å². The predicted octanol–water partition coefficient (Wildman–Crippen LogP) is 1.58. The van der Waals surface area contributed by atoms with Gasteiger partial charge >= 0.3 is 5.69 Å². The molecule has 1 heterocycles. The van der Waals surface area contributed by atoms with Gasteiger partial charge in [0.2, 0.25) is 5.82 Å². The van der Waals surface area contributed by atoms with Gasteiger partial charge < -0.3 is 10.1 Å². The van der Waals surface area contributed by atoms with E-state index in [1.807, 2.05) is 0 Å². The third-order valence-corrected chi connectivity index (χ3v) is 2.75. The van der Waals surface area contributed by atoms with Crippen LogP contribution in [-0.2, 0) is 4.74 Å². The summed E-state index contributed by atoms with van der Waals surface area (Å²) in [5.41, 5.74) is 0.0170. The summed E-state index contributed by atoms with van der Waals surface area (Å²) in [5, 5.41) is 13.8. The zero-order valence-corrected chi connectivity index (χ0v) is 8.92. The second-order valence-corrected chi connectivity index (χ2v) is 3.80. The minimum atomic E-state index is -0.429. The molecule has 1 aliphatic rings. The maximum atomic E-state index is 10.7. The van der Waals surface area contributed by atoms with Crippen molar-refractivity contribution < 1.29 is 9.66 Å². The molecule has 1 aliphatic carbocycles. The van der Waals surface area contributed by atoms with E-state index in [-0.39, 0.29) is 17.8 Å². The van der Waals surface area contributed by atoms with Gasteiger partial charge in [0.15, 0.2) is 0 Å². The SMILES string of the molecule is COC1CC(Nc2ncccc2[N+](=O)[O-])C1. The fourth-order valence-corrected chi connectivity index (χ4v) is 1.72. The maximum absolute atomic E-state index is 10.7. The number of nitro groups is 1. The fourth-order valence-electron chi connectivity index (χ4n) is 1.72. The van der Waals surface area contributed by atoms with Crippen molar-refractivity contribution >= 4 is 11.5 Å². The van der Waals surface area contributed by atoms with Gasteiger partial charge in [-0.3, -0.25) is 10.1 Å². The third-order valence-electron chi connectivity index (χ3n) is 2.75. The Morgan fingerprint density at radius 1 is 1.62 bits per heavy atom. The molecule has 0 aromatic carbocycles. The molecule has 0 amide bonds. The van der Waals surface area contributed by atoms with Gasteiger partial charge in [0.05, 0.1) is 11.0 Å². The number of hydrogen-bond donors (Lipinski definition) is 1. The Morgan fingerprint density at radius 3 is 3.00 bits per heavy atom. The summed E-state index contributed by atoms with van der Waals surface area (Å²) in [5.74, 6) is 0.340. The summed E-state index contributed by atoms with van der Waals surface area (Å²) in [6.07, 6.45) is 3.54. The van der Waals surface area contributed by atoms with E-state index in [2.05, 4.69) is 10.3 Å². The molecule has 0 unspecified atom stereocenters. The molecule has 0 spiro atoms. The molecule has 1 fully saturated rings. The Bertz CT molecular complexity index is 391. The van der Waals surface area contributed by atoms with Gasteiger partial charge in [-0.05, 0) is 18.9 Å². The van der Waals surface area contributed by atoms with Crippen LogP contribution in [0.15, 0.2) is 18.3 Å². The second-order valence-electron chi connectivity index (χ2n) is 3.80. The topological polar surface area (TPSA) is 77.3 Å². The molecular weight excluding hydrogens is 210 g/mol. The lowest BCUT2D eigenvalue weighted by atomic mass is 9.89. The van der Waals surface area contributed by atoms with Crippen LogP contribution in [0.5, 0.6) is 0 Å². The minimum Gasteiger partial charge on any atom is -0.381 e. The van der Waals surface area contributed by atoms with E-state index < -0.39 is 4.92 Å². The number of pyridine rings is 1. The van der Waals surface area contributed by atoms with E-state index in [9.17, 15) is 10.1 Å². The molecule has 1 aromatic heterocycles. The quantitative estimate of drug-likeness (QED) is 0.619. The van der Waals surface area contributed by atoms with Crippen molar-refractivity contribution in [2.75, 3.05) is 12.4 Å². The van der Waals surface area contributed by atoms with E-state index in [4.69, 9.17) is 4.74 Å². The van der Waals surface area contributed by atoms with E-state index in [0.717, 1.165) is 12.8 Å². The number of methoxy groups -OCH3 is 1. The molecule has 86 valence electrons. The summed E-state index contributed by atoms with van der Waals surface area (Å²) < 4.78 is 5.14. The smallest absolute Gasteiger partial charge is 0.311 e. The molecule has 0 radical (unpaired) electrons. The summed E-state index contributed by atoms with van der Waals surface area (Å²) in [4.78, 5) is 14.3. The van der Waals surface area contributed by atoms with Crippen LogP contribution in [0.4, 0.5) is 11.5 Å². The molecule has 6 nitrogen and oxygen atoms in total. The predicted molar refractivity (Wildman–Crippen MR) is 58.3 cm³/mol. The highest BCUT2D eigenvalue weighted by atomic mass is 16.6. The van der Waals surface area contributed by atoms with Gasteiger partial charge in [-0.1, -0.05) is 0 Å². The summed E-state index contributed by atoms with van der Waals surface area (Å²) >= 11 is 0. The molecule has 0 saturated heterocycles. The number of aromatic nitrogens is 1. The van der Waals surface area contributed by atoms with Crippen molar-refractivity contribution in [2.45, 2.75) is 25.0 Å². The molecule has 0 atom stereocenters. The number of nitrogens with zero attached hydrogens (tertiary/aromatic N) is 2. The largest absolute Gasteiger partial charge is 0.381 e. The Balaban J connectivity index is 2.02. The number of hydrogen-bond acceptors (Lipinski definition) is 5. The van der Waals surface area contributed by atoms with Gasteiger partial charge in [-0.25, -0.2) is 4.98 Å². The van der Waals surface area contributed by atoms with Crippen molar-refractivity contribution in [2.24, 2.45) is 0 Å². The average Bonchev–Trinajstić information content (AvgIpc) is 2.23. The van der Waals surface area contributed by atoms with Crippen molar-refractivity contribution in [3.63, 3.8) is 0 Å². The molecular formula is C10H13N3O3. The number of rotatable bonds is 4. The van der Waals surface area contributed by atoms with Crippen LogP contribution < -0.4 is 5.32 Å². The normalized spacial score (nSPS) is 23.6. The standard InChI is InChI=1S/C10H13N3O3/c1-16-8-5-7(6-8)12-10-9(13(14)15)3-2-4-11-10/h2-4,7-8H,5-6H2,1H3,(H,11,12). The highest BCUT2D eigenvalue weighted by Gasteiger charge is 2.30. The Kier molecular flexibility index (Phi) is 3.00. The van der Waals surface area contributed by atoms with Crippen LogP contribution >= 0.6 is 0 Å². The first-order chi connectivity index (χ1) is 7.70. The zero-order valence-electron chi connectivity index (χ0n) is 8.92. The zero-order chi connectivity index (χ0) is 11.5. The third kappa shape index (κ3) is 2.11. The van der Waals surface area contributed by atoms with E-state index in [1.54, 1.807) is 19.4 Å². The molecule has 6 heteroatoms. The Hall–Kier alpha value is -1.69. The van der Waals surface area contributed by atoms with Gasteiger partial charge in [0.25, 0.3) is 0 Å². The highest BCUT2D eigenvalue weighted by molar-refractivity contribution is 5.55. The van der Waals surface area contributed by atoms with E-state index in [1.165, 1.54) is 6.07 Å². The molecule has 1 N–H and O–H groups in total. The Labute approximate surface area is 92.8 Å². The summed E-state index contributed by atoms with van der Waals surface area (Å²) in [6, 6.07) is 3.22. The summed E-state index contributed by atoms with van der Waals surface area (Å²) in [6.45, 7) is 0. The van der Waals surface area contributed by atoms with Crippen molar-refractivity contribution in [3.05, 3.63) is 28.4 Å². The average molecular weight is 223 g/mol. The van der Waals surface area contributed by atoms with Gasteiger partial charge in [0.1, 0.15) is 0 Å². The molecule has 0 aliphatic heterocycles. The maximum Gasteiger partial charge on any atom is 0.311 e. The van der Waals surface area contributed by atoms with Crippen LogP contribution in [0.3, 0.4) is 0 Å². The highest BCUT2D eigenvalue weighted by Crippen LogP contribution is 2.29. The first-order valence-electron chi connectivity index (χ1n) is 5.09. The molecule has 2 rings (SSSR count). The molecule has 1 aromatic rings. The monoisotopic (exact) mass is 223 g/mol. The number of anilines is 1. The number of nitrogens with one attached hydrogen (secondary N) is 1. The van der Waals surface area contributed by atoms with Crippen LogP contribution in [-0.4, -0.2) is 29.2 Å².